The van der Waals surface area contributed by atoms with Crippen molar-refractivity contribution >= 4 is 29.6 Å². The molecule has 1 saturated heterocycles. The Morgan fingerprint density at radius 3 is 2.58 bits per heavy atom. The molecule has 2 aromatic carbocycles. The molecule has 5 nitrogen and oxygen atoms in total. The van der Waals surface area contributed by atoms with Gasteiger partial charge in [-0.05, 0) is 42.0 Å². The van der Waals surface area contributed by atoms with Crippen LogP contribution < -0.4 is 5.32 Å². The number of aromatic hydroxyl groups is 1. The number of hydrogen-bond donors (Lipinski definition) is 2. The van der Waals surface area contributed by atoms with Crippen molar-refractivity contribution in [2.75, 3.05) is 0 Å². The van der Waals surface area contributed by atoms with Crippen LogP contribution >= 0.6 is 11.6 Å². The molecule has 2 N–H and O–H groups in total. The van der Waals surface area contributed by atoms with E-state index < -0.39 is 17.8 Å². The Labute approximate surface area is 142 Å². The van der Waals surface area contributed by atoms with Crippen molar-refractivity contribution in [3.63, 3.8) is 0 Å². The number of urea groups is 1. The first kappa shape index (κ1) is 16.0. The zero-order chi connectivity index (χ0) is 17.3. The molecule has 0 radical (unpaired) electrons. The maximum Gasteiger partial charge on any atom is 0.329 e. The van der Waals surface area contributed by atoms with E-state index in [0.717, 1.165) is 4.90 Å². The van der Waals surface area contributed by atoms with Crippen LogP contribution in [0.2, 0.25) is 5.02 Å². The molecule has 3 rings (SSSR count). The van der Waals surface area contributed by atoms with Crippen LogP contribution in [-0.2, 0) is 11.3 Å². The molecular formula is C17H12ClFN2O3. The molecule has 3 amide bonds. The first-order valence-electron chi connectivity index (χ1n) is 7.01. The number of halogens is 2. The summed E-state index contributed by atoms with van der Waals surface area (Å²) in [6.45, 7) is 0.0177. The number of amides is 3. The summed E-state index contributed by atoms with van der Waals surface area (Å²) >= 11 is 5.86. The third-order valence-electron chi connectivity index (χ3n) is 3.51. The molecule has 2 aromatic rings. The fraction of sp³-hybridized carbons (Fsp3) is 0.0588. The van der Waals surface area contributed by atoms with Crippen molar-refractivity contribution < 1.29 is 19.1 Å². The molecule has 0 unspecified atom stereocenters. The summed E-state index contributed by atoms with van der Waals surface area (Å²) in [7, 11) is 0. The van der Waals surface area contributed by atoms with Crippen LogP contribution in [0.25, 0.3) is 6.08 Å². The minimum Gasteiger partial charge on any atom is -0.507 e. The number of carbonyl (C=O) groups excluding carboxylic acids is 2. The van der Waals surface area contributed by atoms with Gasteiger partial charge in [0.25, 0.3) is 5.91 Å². The Hall–Kier alpha value is -2.86. The molecule has 122 valence electrons. The van der Waals surface area contributed by atoms with E-state index in [4.69, 9.17) is 11.6 Å². The molecule has 0 aromatic heterocycles. The molecule has 1 aliphatic heterocycles. The summed E-state index contributed by atoms with van der Waals surface area (Å²) in [6, 6.07) is 9.31. The Morgan fingerprint density at radius 1 is 1.17 bits per heavy atom. The highest BCUT2D eigenvalue weighted by Crippen LogP contribution is 2.25. The number of nitrogens with zero attached hydrogens (tertiary/aromatic N) is 1. The van der Waals surface area contributed by atoms with Crippen LogP contribution in [0.4, 0.5) is 9.18 Å². The topological polar surface area (TPSA) is 69.6 Å². The fourth-order valence-electron chi connectivity index (χ4n) is 2.28. The predicted molar refractivity (Wildman–Crippen MR) is 86.6 cm³/mol. The normalized spacial score (nSPS) is 15.9. The third kappa shape index (κ3) is 3.23. The van der Waals surface area contributed by atoms with Crippen LogP contribution in [0.15, 0.2) is 48.2 Å². The van der Waals surface area contributed by atoms with E-state index in [1.807, 2.05) is 0 Å². The number of nitrogens with one attached hydrogen (secondary N) is 1. The van der Waals surface area contributed by atoms with Gasteiger partial charge in [-0.15, -0.1) is 0 Å². The quantitative estimate of drug-likeness (QED) is 0.662. The van der Waals surface area contributed by atoms with Crippen molar-refractivity contribution in [1.82, 2.24) is 10.2 Å². The van der Waals surface area contributed by atoms with E-state index in [0.29, 0.717) is 16.1 Å². The van der Waals surface area contributed by atoms with E-state index in [1.54, 1.807) is 0 Å². The Morgan fingerprint density at radius 2 is 1.88 bits per heavy atom. The first-order valence-corrected chi connectivity index (χ1v) is 7.39. The van der Waals surface area contributed by atoms with E-state index in [9.17, 15) is 19.1 Å². The maximum absolute atomic E-state index is 12.9. The summed E-state index contributed by atoms with van der Waals surface area (Å²) in [5.74, 6) is -0.998. The number of phenols is 1. The standard InChI is InChI=1S/C17H12ClFN2O3/c18-12-3-6-15(22)11(7-12)8-14-16(23)21(17(24)20-14)9-10-1-4-13(19)5-2-10/h1-8,22H,9H2,(H,20,24)/b14-8-. The van der Waals surface area contributed by atoms with Gasteiger partial charge in [0.05, 0.1) is 6.54 Å². The van der Waals surface area contributed by atoms with Gasteiger partial charge < -0.3 is 10.4 Å². The van der Waals surface area contributed by atoms with Crippen molar-refractivity contribution in [2.45, 2.75) is 6.54 Å². The van der Waals surface area contributed by atoms with Gasteiger partial charge in [0, 0.05) is 10.6 Å². The van der Waals surface area contributed by atoms with Crippen LogP contribution in [-0.4, -0.2) is 21.9 Å². The molecule has 24 heavy (non-hydrogen) atoms. The fourth-order valence-corrected chi connectivity index (χ4v) is 2.46. The Kier molecular flexibility index (Phi) is 4.22. The maximum atomic E-state index is 12.9. The number of benzene rings is 2. The number of hydrogen-bond acceptors (Lipinski definition) is 3. The van der Waals surface area contributed by atoms with E-state index in [1.165, 1.54) is 48.5 Å². The Bertz CT molecular complexity index is 849. The third-order valence-corrected chi connectivity index (χ3v) is 3.74. The summed E-state index contributed by atoms with van der Waals surface area (Å²) < 4.78 is 12.9. The largest absolute Gasteiger partial charge is 0.507 e. The van der Waals surface area contributed by atoms with Crippen LogP contribution in [0.5, 0.6) is 5.75 Å². The molecule has 1 heterocycles. The smallest absolute Gasteiger partial charge is 0.329 e. The number of carbonyl (C=O) groups is 2. The van der Waals surface area contributed by atoms with E-state index >= 15 is 0 Å². The molecular weight excluding hydrogens is 335 g/mol. The second kappa shape index (κ2) is 6.33. The second-order valence-electron chi connectivity index (χ2n) is 5.21. The van der Waals surface area contributed by atoms with Crippen molar-refractivity contribution in [2.24, 2.45) is 0 Å². The van der Waals surface area contributed by atoms with Gasteiger partial charge in [-0.2, -0.15) is 0 Å². The van der Waals surface area contributed by atoms with Gasteiger partial charge >= 0.3 is 6.03 Å². The van der Waals surface area contributed by atoms with Gasteiger partial charge in [0.1, 0.15) is 17.3 Å². The minimum atomic E-state index is -0.586. The lowest BCUT2D eigenvalue weighted by Crippen LogP contribution is -2.30. The molecule has 0 bridgehead atoms. The molecule has 0 saturated carbocycles. The number of rotatable bonds is 3. The van der Waals surface area contributed by atoms with E-state index in [-0.39, 0.29) is 18.0 Å². The molecule has 0 atom stereocenters. The van der Waals surface area contributed by atoms with Crippen LogP contribution in [0.1, 0.15) is 11.1 Å². The highest BCUT2D eigenvalue weighted by molar-refractivity contribution is 6.30. The van der Waals surface area contributed by atoms with Gasteiger partial charge in [-0.1, -0.05) is 23.7 Å². The van der Waals surface area contributed by atoms with Gasteiger partial charge in [0.2, 0.25) is 0 Å². The molecule has 0 spiro atoms. The second-order valence-corrected chi connectivity index (χ2v) is 5.65. The minimum absolute atomic E-state index is 0.0177. The summed E-state index contributed by atoms with van der Waals surface area (Å²) in [5.41, 5.74) is 0.959. The SMILES string of the molecule is O=C1N/C(=C\c2cc(Cl)ccc2O)C(=O)N1Cc1ccc(F)cc1. The number of imide groups is 1. The van der Waals surface area contributed by atoms with Crippen molar-refractivity contribution in [3.05, 3.63) is 70.1 Å². The van der Waals surface area contributed by atoms with E-state index in [2.05, 4.69) is 5.32 Å². The predicted octanol–water partition coefficient (Wildman–Crippen LogP) is 3.28. The molecule has 0 aliphatic carbocycles. The molecule has 1 fully saturated rings. The van der Waals surface area contributed by atoms with Crippen LogP contribution in [0.3, 0.4) is 0 Å². The monoisotopic (exact) mass is 346 g/mol. The molecule has 1 aliphatic rings. The zero-order valence-corrected chi connectivity index (χ0v) is 13.0. The lowest BCUT2D eigenvalue weighted by atomic mass is 10.1. The van der Waals surface area contributed by atoms with Crippen molar-refractivity contribution in [1.29, 1.82) is 0 Å². The zero-order valence-electron chi connectivity index (χ0n) is 12.3. The number of phenolic OH excluding ortho intramolecular Hbond substituents is 1. The highest BCUT2D eigenvalue weighted by Gasteiger charge is 2.33. The van der Waals surface area contributed by atoms with Gasteiger partial charge in [0.15, 0.2) is 0 Å². The van der Waals surface area contributed by atoms with Crippen LogP contribution in [0, 0.1) is 5.82 Å². The lowest BCUT2D eigenvalue weighted by molar-refractivity contribution is -0.123. The average Bonchev–Trinajstić information content (AvgIpc) is 2.80. The summed E-state index contributed by atoms with van der Waals surface area (Å²) in [6.07, 6.45) is 1.35. The molecule has 7 heteroatoms. The summed E-state index contributed by atoms with van der Waals surface area (Å²) in [4.78, 5) is 25.4. The van der Waals surface area contributed by atoms with Crippen molar-refractivity contribution in [3.8, 4) is 5.75 Å². The Balaban J connectivity index is 1.84. The highest BCUT2D eigenvalue weighted by atomic mass is 35.5. The van der Waals surface area contributed by atoms with Gasteiger partial charge in [-0.25, -0.2) is 9.18 Å². The lowest BCUT2D eigenvalue weighted by Gasteiger charge is -2.11. The summed E-state index contributed by atoms with van der Waals surface area (Å²) in [5, 5.41) is 12.6. The first-order chi connectivity index (χ1) is 11.4. The van der Waals surface area contributed by atoms with Gasteiger partial charge in [-0.3, -0.25) is 9.69 Å². The average molecular weight is 347 g/mol.